The number of carbonyl (C=O) groups excluding carboxylic acids is 1. The number of aromatic nitrogens is 2. The van der Waals surface area contributed by atoms with Crippen molar-refractivity contribution in [2.24, 2.45) is 0 Å². The molecule has 3 rings (SSSR count). The van der Waals surface area contributed by atoms with Crippen molar-refractivity contribution < 1.29 is 14.3 Å². The van der Waals surface area contributed by atoms with E-state index >= 15 is 0 Å². The largest absolute Gasteiger partial charge is 0.424 e. The van der Waals surface area contributed by atoms with Gasteiger partial charge in [0.1, 0.15) is 0 Å². The van der Waals surface area contributed by atoms with Crippen LogP contribution in [0.3, 0.4) is 0 Å². The standard InChI is InChI=1S/C21H30N4O3/c1-15(2)18-8-6-17(7-9-18)12-25-11-5-10-21(27,20(25)26)14-24(4)13-19-23-22-16(3)28-19/h6-9,15,27H,5,10-14H2,1-4H3/t21-/m1/s1. The zero-order valence-electron chi connectivity index (χ0n) is 17.2. The van der Waals surface area contributed by atoms with Crippen LogP contribution in [0, 0.1) is 6.92 Å². The summed E-state index contributed by atoms with van der Waals surface area (Å²) in [5, 5.41) is 18.8. The highest BCUT2D eigenvalue weighted by Gasteiger charge is 2.42. The molecule has 1 aliphatic rings. The second-order valence-electron chi connectivity index (χ2n) is 8.15. The second-order valence-corrected chi connectivity index (χ2v) is 8.15. The molecule has 2 aromatic rings. The fourth-order valence-corrected chi connectivity index (χ4v) is 3.73. The molecule has 1 atom stereocenters. The van der Waals surface area contributed by atoms with Crippen molar-refractivity contribution in [1.29, 1.82) is 0 Å². The minimum atomic E-state index is -1.39. The Balaban J connectivity index is 1.63. The van der Waals surface area contributed by atoms with Crippen molar-refractivity contribution in [3.8, 4) is 0 Å². The molecule has 0 radical (unpaired) electrons. The van der Waals surface area contributed by atoms with E-state index in [4.69, 9.17) is 4.42 Å². The lowest BCUT2D eigenvalue weighted by Crippen LogP contribution is -2.57. The average Bonchev–Trinajstić information content (AvgIpc) is 3.04. The number of amides is 1. The van der Waals surface area contributed by atoms with Crippen LogP contribution in [0.15, 0.2) is 28.7 Å². The van der Waals surface area contributed by atoms with Crippen LogP contribution in [0.25, 0.3) is 0 Å². The van der Waals surface area contributed by atoms with Crippen molar-refractivity contribution in [3.05, 3.63) is 47.2 Å². The van der Waals surface area contributed by atoms with Crippen LogP contribution in [-0.2, 0) is 17.9 Å². The lowest BCUT2D eigenvalue weighted by Gasteiger charge is -2.40. The summed E-state index contributed by atoms with van der Waals surface area (Å²) in [6, 6.07) is 8.36. The molecule has 28 heavy (non-hydrogen) atoms. The van der Waals surface area contributed by atoms with Crippen LogP contribution in [0.1, 0.15) is 55.5 Å². The Morgan fingerprint density at radius 1 is 1.29 bits per heavy atom. The van der Waals surface area contributed by atoms with Crippen LogP contribution < -0.4 is 0 Å². The molecule has 0 spiro atoms. The molecule has 1 aromatic heterocycles. The third-order valence-corrected chi connectivity index (χ3v) is 5.23. The van der Waals surface area contributed by atoms with Crippen LogP contribution in [0.2, 0.25) is 0 Å². The number of likely N-dealkylation sites (tertiary alicyclic amines) is 1. The summed E-state index contributed by atoms with van der Waals surface area (Å²) in [5.74, 6) is 1.26. The molecule has 2 heterocycles. The van der Waals surface area contributed by atoms with E-state index < -0.39 is 5.60 Å². The van der Waals surface area contributed by atoms with Gasteiger partial charge in [-0.3, -0.25) is 9.69 Å². The second kappa shape index (κ2) is 8.41. The third-order valence-electron chi connectivity index (χ3n) is 5.23. The Kier molecular flexibility index (Phi) is 6.15. The number of likely N-dealkylation sites (N-methyl/N-ethyl adjacent to an activating group) is 1. The number of piperidine rings is 1. The Morgan fingerprint density at radius 2 is 2.00 bits per heavy atom. The van der Waals surface area contributed by atoms with Gasteiger partial charge in [0, 0.05) is 26.6 Å². The van der Waals surface area contributed by atoms with E-state index in [0.717, 1.165) is 12.0 Å². The van der Waals surface area contributed by atoms with E-state index in [9.17, 15) is 9.90 Å². The molecule has 1 amide bonds. The fraction of sp³-hybridized carbons (Fsp3) is 0.571. The molecule has 0 aliphatic carbocycles. The van der Waals surface area contributed by atoms with Gasteiger partial charge in [0.05, 0.1) is 6.54 Å². The molecular formula is C21H30N4O3. The lowest BCUT2D eigenvalue weighted by atomic mass is 9.90. The zero-order valence-corrected chi connectivity index (χ0v) is 17.2. The minimum Gasteiger partial charge on any atom is -0.424 e. The van der Waals surface area contributed by atoms with E-state index in [-0.39, 0.29) is 12.5 Å². The predicted octanol–water partition coefficient (Wildman–Crippen LogP) is 2.49. The van der Waals surface area contributed by atoms with Gasteiger partial charge in [0.2, 0.25) is 11.8 Å². The molecule has 1 fully saturated rings. The predicted molar refractivity (Wildman–Crippen MR) is 106 cm³/mol. The van der Waals surface area contributed by atoms with E-state index in [1.807, 2.05) is 11.9 Å². The van der Waals surface area contributed by atoms with Crippen molar-refractivity contribution in [2.45, 2.75) is 58.2 Å². The van der Waals surface area contributed by atoms with Gasteiger partial charge in [-0.2, -0.15) is 0 Å². The number of aliphatic hydroxyl groups is 1. The molecule has 7 heteroatoms. The molecule has 0 bridgehead atoms. The van der Waals surface area contributed by atoms with Crippen LogP contribution >= 0.6 is 0 Å². The maximum atomic E-state index is 13.0. The Labute approximate surface area is 166 Å². The SMILES string of the molecule is Cc1nnc(CN(C)C[C@]2(O)CCCN(Cc3ccc(C(C)C)cc3)C2=O)o1. The van der Waals surface area contributed by atoms with Gasteiger partial charge >= 0.3 is 0 Å². The summed E-state index contributed by atoms with van der Waals surface area (Å²) in [6.07, 6.45) is 1.24. The van der Waals surface area contributed by atoms with E-state index in [2.05, 4.69) is 48.3 Å². The minimum absolute atomic E-state index is 0.208. The summed E-state index contributed by atoms with van der Waals surface area (Å²) < 4.78 is 5.39. The lowest BCUT2D eigenvalue weighted by molar-refractivity contribution is -0.160. The Hall–Kier alpha value is -2.25. The van der Waals surface area contributed by atoms with Crippen molar-refractivity contribution in [2.75, 3.05) is 20.1 Å². The number of hydrogen-bond donors (Lipinski definition) is 1. The van der Waals surface area contributed by atoms with Crippen molar-refractivity contribution in [3.63, 3.8) is 0 Å². The molecular weight excluding hydrogens is 356 g/mol. The molecule has 1 saturated heterocycles. The summed E-state index contributed by atoms with van der Waals surface area (Å²) in [7, 11) is 1.84. The van der Waals surface area contributed by atoms with Gasteiger partial charge < -0.3 is 14.4 Å². The topological polar surface area (TPSA) is 82.7 Å². The van der Waals surface area contributed by atoms with Gasteiger partial charge in [-0.05, 0) is 36.9 Å². The highest BCUT2D eigenvalue weighted by atomic mass is 16.4. The number of nitrogens with zero attached hydrogens (tertiary/aromatic N) is 4. The van der Waals surface area contributed by atoms with Crippen LogP contribution in [-0.4, -0.2) is 56.7 Å². The van der Waals surface area contributed by atoms with E-state index in [1.54, 1.807) is 11.8 Å². The molecule has 1 N–H and O–H groups in total. The van der Waals surface area contributed by atoms with Gasteiger partial charge in [0.25, 0.3) is 5.91 Å². The quantitative estimate of drug-likeness (QED) is 0.787. The normalized spacial score (nSPS) is 20.4. The van der Waals surface area contributed by atoms with E-state index in [0.29, 0.717) is 43.8 Å². The summed E-state index contributed by atoms with van der Waals surface area (Å²) in [6.45, 7) is 7.87. The first kappa shape index (κ1) is 20.5. The number of hydrogen-bond acceptors (Lipinski definition) is 6. The third kappa shape index (κ3) is 4.77. The number of carbonyl (C=O) groups is 1. The average molecular weight is 386 g/mol. The molecule has 0 saturated carbocycles. The summed E-state index contributed by atoms with van der Waals surface area (Å²) in [5.41, 5.74) is 0.972. The fourth-order valence-electron chi connectivity index (χ4n) is 3.73. The monoisotopic (exact) mass is 386 g/mol. The van der Waals surface area contributed by atoms with Crippen LogP contribution in [0.4, 0.5) is 0 Å². The molecule has 1 aromatic carbocycles. The van der Waals surface area contributed by atoms with Crippen molar-refractivity contribution in [1.82, 2.24) is 20.0 Å². The first-order chi connectivity index (χ1) is 13.3. The van der Waals surface area contributed by atoms with Gasteiger partial charge in [-0.15, -0.1) is 10.2 Å². The van der Waals surface area contributed by atoms with E-state index in [1.165, 1.54) is 5.56 Å². The zero-order chi connectivity index (χ0) is 20.3. The highest BCUT2D eigenvalue weighted by molar-refractivity contribution is 5.86. The van der Waals surface area contributed by atoms with Crippen molar-refractivity contribution >= 4 is 5.91 Å². The highest BCUT2D eigenvalue weighted by Crippen LogP contribution is 2.26. The summed E-state index contributed by atoms with van der Waals surface area (Å²) in [4.78, 5) is 16.6. The van der Waals surface area contributed by atoms with Gasteiger partial charge in [0.15, 0.2) is 5.60 Å². The van der Waals surface area contributed by atoms with Gasteiger partial charge in [-0.25, -0.2) is 0 Å². The molecule has 7 nitrogen and oxygen atoms in total. The van der Waals surface area contributed by atoms with Gasteiger partial charge in [-0.1, -0.05) is 38.1 Å². The summed E-state index contributed by atoms with van der Waals surface area (Å²) >= 11 is 0. The smallest absolute Gasteiger partial charge is 0.256 e. The first-order valence-electron chi connectivity index (χ1n) is 9.85. The Bertz CT molecular complexity index is 802. The van der Waals surface area contributed by atoms with Crippen LogP contribution in [0.5, 0.6) is 0 Å². The first-order valence-corrected chi connectivity index (χ1v) is 9.85. The number of aryl methyl sites for hydroxylation is 1. The number of rotatable bonds is 7. The number of benzene rings is 1. The maximum Gasteiger partial charge on any atom is 0.256 e. The molecule has 0 unspecified atom stereocenters. The Morgan fingerprint density at radius 3 is 2.61 bits per heavy atom. The maximum absolute atomic E-state index is 13.0. The molecule has 152 valence electrons. The molecule has 1 aliphatic heterocycles.